The molecule has 0 saturated heterocycles. The molecular formula is C12H14O2W6-2. The Morgan fingerprint density at radius 3 is 0.600 bits per heavy atom. The largest absolute Gasteiger partial charge is 0.412 e. The van der Waals surface area contributed by atoms with Gasteiger partial charge in [0, 0.05) is 126 Å². The number of hydrogen-bond donors (Lipinski definition) is 0. The molecule has 0 aliphatic heterocycles. The minimum Gasteiger partial charge on any atom is -0.412 e. The van der Waals surface area contributed by atoms with Crippen LogP contribution in [0.25, 0.3) is 0 Å². The van der Waals surface area contributed by atoms with Crippen molar-refractivity contribution >= 4 is 0 Å². The van der Waals surface area contributed by atoms with Gasteiger partial charge in [-0.15, -0.1) is 0 Å². The molecule has 2 nitrogen and oxygen atoms in total. The van der Waals surface area contributed by atoms with Gasteiger partial charge in [0.2, 0.25) is 0 Å². The molecule has 2 aromatic rings. The number of hydrogen-bond acceptors (Lipinski definition) is 0. The van der Waals surface area contributed by atoms with Crippen molar-refractivity contribution in [2.24, 2.45) is 0 Å². The third-order valence-electron chi connectivity index (χ3n) is 1.21. The van der Waals surface area contributed by atoms with Crippen LogP contribution in [-0.2, 0) is 126 Å². The van der Waals surface area contributed by atoms with E-state index in [0.717, 1.165) is 0 Å². The molecule has 2 rings (SSSR count). The van der Waals surface area contributed by atoms with Crippen molar-refractivity contribution in [2.75, 3.05) is 0 Å². The van der Waals surface area contributed by atoms with E-state index in [2.05, 4.69) is 12.1 Å². The summed E-state index contributed by atoms with van der Waals surface area (Å²) in [5, 5.41) is 0. The fourth-order valence-corrected chi connectivity index (χ4v) is 0.684. The third-order valence-corrected chi connectivity index (χ3v) is 1.21. The van der Waals surface area contributed by atoms with E-state index in [1.807, 2.05) is 60.7 Å². The minimum absolute atomic E-state index is 0. The van der Waals surface area contributed by atoms with E-state index in [4.69, 9.17) is 0 Å². The van der Waals surface area contributed by atoms with Crippen molar-refractivity contribution in [2.45, 2.75) is 0 Å². The smallest absolute Gasteiger partial charge is 0 e. The SMILES string of the molecule is O.O.[W].[W].[W].[W].[W].[W].[c-]1ccccc1.[c-]1ccccc1. The zero-order valence-electron chi connectivity index (χ0n) is 10.2. The molecule has 0 aliphatic rings. The van der Waals surface area contributed by atoms with Gasteiger partial charge in [-0.05, 0) is 0 Å². The van der Waals surface area contributed by atoms with Gasteiger partial charge in [-0.2, -0.15) is 72.8 Å². The predicted molar refractivity (Wildman–Crippen MR) is 57.8 cm³/mol. The fraction of sp³-hybridized carbons (Fsp3) is 0. The van der Waals surface area contributed by atoms with Gasteiger partial charge >= 0.3 is 0 Å². The van der Waals surface area contributed by atoms with Gasteiger partial charge in [-0.3, -0.25) is 0 Å². The maximum atomic E-state index is 2.89. The maximum Gasteiger partial charge on any atom is 0 e. The Kier molecular flexibility index (Phi) is 106. The van der Waals surface area contributed by atoms with Gasteiger partial charge < -0.3 is 11.0 Å². The summed E-state index contributed by atoms with van der Waals surface area (Å²) in [5.74, 6) is 0. The fourth-order valence-electron chi connectivity index (χ4n) is 0.684. The zero-order valence-corrected chi connectivity index (χ0v) is 27.8. The monoisotopic (exact) mass is 1290 g/mol. The van der Waals surface area contributed by atoms with E-state index in [0.29, 0.717) is 0 Å². The molecule has 0 atom stereocenters. The molecule has 0 fully saturated rings. The molecule has 8 heteroatoms. The predicted octanol–water partition coefficient (Wildman–Crippen LogP) is 1.31. The molecule has 0 radical (unpaired) electrons. The van der Waals surface area contributed by atoms with Crippen molar-refractivity contribution in [3.8, 4) is 0 Å². The van der Waals surface area contributed by atoms with Gasteiger partial charge in [-0.25, -0.2) is 0 Å². The first kappa shape index (κ1) is 49.5. The van der Waals surface area contributed by atoms with E-state index in [-0.39, 0.29) is 137 Å². The van der Waals surface area contributed by atoms with E-state index >= 15 is 0 Å². The van der Waals surface area contributed by atoms with Crippen LogP contribution >= 0.6 is 0 Å². The molecular weight excluding hydrogens is 1280 g/mol. The van der Waals surface area contributed by atoms with Crippen LogP contribution < -0.4 is 0 Å². The van der Waals surface area contributed by atoms with Crippen molar-refractivity contribution in [1.82, 2.24) is 0 Å². The van der Waals surface area contributed by atoms with Gasteiger partial charge in [0.15, 0.2) is 0 Å². The average molecular weight is 1290 g/mol. The summed E-state index contributed by atoms with van der Waals surface area (Å²) in [6.45, 7) is 0. The van der Waals surface area contributed by atoms with Crippen LogP contribution in [0.2, 0.25) is 0 Å². The van der Waals surface area contributed by atoms with E-state index in [1.54, 1.807) is 0 Å². The first-order valence-corrected chi connectivity index (χ1v) is 3.82. The van der Waals surface area contributed by atoms with Crippen LogP contribution in [0.15, 0.2) is 60.7 Å². The second kappa shape index (κ2) is 43.0. The number of benzene rings is 2. The summed E-state index contributed by atoms with van der Waals surface area (Å²) in [4.78, 5) is 0. The second-order valence-corrected chi connectivity index (χ2v) is 2.15. The molecule has 0 spiro atoms. The molecule has 20 heavy (non-hydrogen) atoms. The number of rotatable bonds is 0. The van der Waals surface area contributed by atoms with Crippen molar-refractivity contribution in [3.63, 3.8) is 0 Å². The Balaban J connectivity index is -0.0000000171. The van der Waals surface area contributed by atoms with Gasteiger partial charge in [-0.1, -0.05) is 0 Å². The standard InChI is InChI=1S/2C6H5.2H2O.6W/c2*1-2-4-6-5-3-1;;;;;;;;/h2*1-5H;2*1H2;;;;;;/q2*-1;;;;;;;;. The Bertz CT molecular complexity index is 201. The summed E-state index contributed by atoms with van der Waals surface area (Å²) in [7, 11) is 0. The summed E-state index contributed by atoms with van der Waals surface area (Å²) >= 11 is 0. The molecule has 0 aromatic heterocycles. The third kappa shape index (κ3) is 37.1. The summed E-state index contributed by atoms with van der Waals surface area (Å²) in [6.07, 6.45) is 0. The Morgan fingerprint density at radius 2 is 0.550 bits per heavy atom. The molecule has 0 saturated carbocycles. The van der Waals surface area contributed by atoms with Crippen molar-refractivity contribution in [3.05, 3.63) is 72.8 Å². The molecule has 0 amide bonds. The second-order valence-electron chi connectivity index (χ2n) is 2.15. The van der Waals surface area contributed by atoms with Crippen LogP contribution in [0.1, 0.15) is 0 Å². The zero-order chi connectivity index (χ0) is 8.49. The summed E-state index contributed by atoms with van der Waals surface area (Å²) in [5.41, 5.74) is 0. The molecule has 2 aromatic carbocycles. The summed E-state index contributed by atoms with van der Waals surface area (Å²) < 4.78 is 0. The van der Waals surface area contributed by atoms with E-state index in [9.17, 15) is 0 Å². The van der Waals surface area contributed by atoms with E-state index < -0.39 is 0 Å². The topological polar surface area (TPSA) is 63.0 Å². The quantitative estimate of drug-likeness (QED) is 0.358. The summed E-state index contributed by atoms with van der Waals surface area (Å²) in [6, 6.07) is 25.0. The molecule has 112 valence electrons. The van der Waals surface area contributed by atoms with Crippen LogP contribution in [0, 0.1) is 12.1 Å². The first-order chi connectivity index (χ1) is 6.00. The van der Waals surface area contributed by atoms with E-state index in [1.165, 1.54) is 0 Å². The molecule has 0 bridgehead atoms. The van der Waals surface area contributed by atoms with Gasteiger partial charge in [0.1, 0.15) is 0 Å². The van der Waals surface area contributed by atoms with Crippen LogP contribution in [0.4, 0.5) is 0 Å². The van der Waals surface area contributed by atoms with Crippen LogP contribution in [0.3, 0.4) is 0 Å². The van der Waals surface area contributed by atoms with Gasteiger partial charge in [0.05, 0.1) is 0 Å². The molecule has 0 heterocycles. The Labute approximate surface area is 207 Å². The Hall–Kier alpha value is 2.49. The Morgan fingerprint density at radius 1 is 0.350 bits per heavy atom. The minimum atomic E-state index is 0. The molecule has 0 aliphatic carbocycles. The van der Waals surface area contributed by atoms with Gasteiger partial charge in [0.25, 0.3) is 0 Å². The van der Waals surface area contributed by atoms with Crippen molar-refractivity contribution < 1.29 is 137 Å². The maximum absolute atomic E-state index is 2.89. The normalized spacial score (nSPS) is 4.80. The average Bonchev–Trinajstić information content (AvgIpc) is 2.24. The first-order valence-electron chi connectivity index (χ1n) is 3.82. The molecule has 0 unspecified atom stereocenters. The molecule has 4 N–H and O–H groups in total. The van der Waals surface area contributed by atoms with Crippen LogP contribution in [0.5, 0.6) is 0 Å². The van der Waals surface area contributed by atoms with Crippen LogP contribution in [-0.4, -0.2) is 11.0 Å². The van der Waals surface area contributed by atoms with Crippen molar-refractivity contribution in [1.29, 1.82) is 0 Å².